The molecule has 44 heavy (non-hydrogen) atoms. The van der Waals surface area contributed by atoms with Crippen LogP contribution < -0.4 is 5.32 Å². The largest absolute Gasteiger partial charge is 0.420 e. The van der Waals surface area contributed by atoms with Crippen molar-refractivity contribution < 1.29 is 27.2 Å². The fraction of sp³-hybridized carbons (Fsp3) is 0.419. The van der Waals surface area contributed by atoms with Gasteiger partial charge in [0.15, 0.2) is 0 Å². The predicted molar refractivity (Wildman–Crippen MR) is 159 cm³/mol. The Morgan fingerprint density at radius 1 is 1.02 bits per heavy atom. The SMILES string of the molecule is O=C(Cc1nnc(-c2cc(Cl)cc(C3=CCN(CC(F)(F)F)CC3)c2)o1)N1CCC(N2CCc3ccccc3NC2=O)CC1. The number of nitrogens with zero attached hydrogens (tertiary/aromatic N) is 5. The first-order valence-corrected chi connectivity index (χ1v) is 15.0. The number of aromatic nitrogens is 2. The molecule has 0 spiro atoms. The van der Waals surface area contributed by atoms with Gasteiger partial charge in [-0.3, -0.25) is 9.69 Å². The van der Waals surface area contributed by atoms with Crippen molar-refractivity contribution in [2.24, 2.45) is 0 Å². The van der Waals surface area contributed by atoms with Crippen molar-refractivity contribution >= 4 is 34.8 Å². The number of hydrogen-bond donors (Lipinski definition) is 1. The van der Waals surface area contributed by atoms with Crippen molar-refractivity contribution in [2.45, 2.75) is 44.3 Å². The number of rotatable bonds is 6. The number of benzene rings is 2. The van der Waals surface area contributed by atoms with E-state index < -0.39 is 12.7 Å². The molecule has 0 saturated carbocycles. The molecular weight excluding hydrogens is 597 g/mol. The molecule has 3 aromatic rings. The molecule has 1 saturated heterocycles. The number of nitrogens with one attached hydrogen (secondary N) is 1. The van der Waals surface area contributed by atoms with Crippen LogP contribution in [0.4, 0.5) is 23.7 Å². The minimum absolute atomic E-state index is 0.0485. The quantitative estimate of drug-likeness (QED) is 0.378. The molecule has 1 aromatic heterocycles. The van der Waals surface area contributed by atoms with Crippen LogP contribution in [0, 0.1) is 0 Å². The Balaban J connectivity index is 1.04. The summed E-state index contributed by atoms with van der Waals surface area (Å²) in [6, 6.07) is 13.0. The van der Waals surface area contributed by atoms with Gasteiger partial charge in [0, 0.05) is 55.0 Å². The Kier molecular flexibility index (Phi) is 8.64. The summed E-state index contributed by atoms with van der Waals surface area (Å²) in [5.74, 6) is 0.255. The summed E-state index contributed by atoms with van der Waals surface area (Å²) < 4.78 is 44.1. The first-order valence-electron chi connectivity index (χ1n) is 14.7. The van der Waals surface area contributed by atoms with Crippen LogP contribution in [-0.4, -0.2) is 88.3 Å². The monoisotopic (exact) mass is 628 g/mol. The number of urea groups is 1. The summed E-state index contributed by atoms with van der Waals surface area (Å²) in [4.78, 5) is 31.0. The second-order valence-corrected chi connectivity index (χ2v) is 11.8. The minimum atomic E-state index is -4.24. The molecule has 1 N–H and O–H groups in total. The summed E-state index contributed by atoms with van der Waals surface area (Å²) in [7, 11) is 0. The molecule has 0 aliphatic carbocycles. The Morgan fingerprint density at radius 3 is 2.55 bits per heavy atom. The first kappa shape index (κ1) is 30.1. The van der Waals surface area contributed by atoms with Crippen LogP contribution in [-0.2, 0) is 17.6 Å². The fourth-order valence-corrected chi connectivity index (χ4v) is 6.35. The Labute approximate surface area is 257 Å². The van der Waals surface area contributed by atoms with Gasteiger partial charge >= 0.3 is 12.2 Å². The van der Waals surface area contributed by atoms with E-state index in [9.17, 15) is 22.8 Å². The van der Waals surface area contributed by atoms with Crippen molar-refractivity contribution in [1.82, 2.24) is 24.9 Å². The van der Waals surface area contributed by atoms with Crippen molar-refractivity contribution in [2.75, 3.05) is 44.6 Å². The van der Waals surface area contributed by atoms with Crippen LogP contribution in [0.2, 0.25) is 5.02 Å². The van der Waals surface area contributed by atoms with Gasteiger partial charge in [-0.2, -0.15) is 13.2 Å². The maximum absolute atomic E-state index is 13.1. The van der Waals surface area contributed by atoms with E-state index in [2.05, 4.69) is 15.5 Å². The van der Waals surface area contributed by atoms with Crippen LogP contribution in [0.15, 0.2) is 53.0 Å². The highest BCUT2D eigenvalue weighted by molar-refractivity contribution is 6.31. The molecule has 3 aliphatic rings. The van der Waals surface area contributed by atoms with Gasteiger partial charge < -0.3 is 19.5 Å². The molecule has 9 nitrogen and oxygen atoms in total. The fourth-order valence-electron chi connectivity index (χ4n) is 6.12. The molecule has 0 bridgehead atoms. The molecule has 0 atom stereocenters. The van der Waals surface area contributed by atoms with Gasteiger partial charge in [-0.05, 0) is 66.6 Å². The number of fused-ring (bicyclic) bond motifs is 1. The first-order chi connectivity index (χ1) is 21.1. The van der Waals surface area contributed by atoms with Gasteiger partial charge in [0.1, 0.15) is 6.42 Å². The zero-order valence-electron chi connectivity index (χ0n) is 23.9. The maximum Gasteiger partial charge on any atom is 0.401 e. The second-order valence-electron chi connectivity index (χ2n) is 11.4. The third kappa shape index (κ3) is 7.07. The summed E-state index contributed by atoms with van der Waals surface area (Å²) in [6.45, 7) is 1.22. The maximum atomic E-state index is 13.1. The van der Waals surface area contributed by atoms with Crippen LogP contribution >= 0.6 is 11.6 Å². The average molecular weight is 629 g/mol. The second kappa shape index (κ2) is 12.6. The van der Waals surface area contributed by atoms with Gasteiger partial charge in [-0.1, -0.05) is 35.9 Å². The van der Waals surface area contributed by atoms with Gasteiger partial charge in [0.25, 0.3) is 0 Å². The highest BCUT2D eigenvalue weighted by Crippen LogP contribution is 2.31. The van der Waals surface area contributed by atoms with E-state index in [0.29, 0.717) is 49.5 Å². The van der Waals surface area contributed by atoms with Gasteiger partial charge in [-0.25, -0.2) is 4.79 Å². The van der Waals surface area contributed by atoms with E-state index in [4.69, 9.17) is 16.0 Å². The standard InChI is InChI=1S/C31H32ClF3N6O3/c32-24-16-22(20-5-10-39(11-6-20)19-31(33,34)35)15-23(17-24)29-38-37-27(44-29)18-28(42)40-12-8-25(9-13-40)41-14-7-21-3-1-2-4-26(21)36-30(41)43/h1-5,15-17,25H,6-14,18-19H2,(H,36,43). The van der Waals surface area contributed by atoms with Gasteiger partial charge in [-0.15, -0.1) is 10.2 Å². The Morgan fingerprint density at radius 2 is 1.80 bits per heavy atom. The molecule has 3 amide bonds. The topological polar surface area (TPSA) is 94.8 Å². The van der Waals surface area contributed by atoms with Crippen molar-refractivity contribution in [3.63, 3.8) is 0 Å². The van der Waals surface area contributed by atoms with E-state index in [-0.39, 0.29) is 49.3 Å². The molecule has 3 aliphatic heterocycles. The number of carbonyl (C=O) groups excluding carboxylic acids is 2. The smallest absolute Gasteiger partial charge is 0.401 e. The third-order valence-corrected chi connectivity index (χ3v) is 8.60. The number of piperidine rings is 1. The van der Waals surface area contributed by atoms with E-state index in [1.165, 1.54) is 4.90 Å². The van der Waals surface area contributed by atoms with Gasteiger partial charge in [0.2, 0.25) is 17.7 Å². The lowest BCUT2D eigenvalue weighted by Gasteiger charge is -2.37. The zero-order chi connectivity index (χ0) is 30.8. The number of likely N-dealkylation sites (tertiary alicyclic amines) is 1. The van der Waals surface area contributed by atoms with Crippen LogP contribution in [0.25, 0.3) is 17.0 Å². The number of hydrogen-bond acceptors (Lipinski definition) is 6. The molecule has 6 rings (SSSR count). The van der Waals surface area contributed by atoms with Gasteiger partial charge in [0.05, 0.1) is 6.54 Å². The lowest BCUT2D eigenvalue weighted by Crippen LogP contribution is -2.50. The number of anilines is 1. The minimum Gasteiger partial charge on any atom is -0.420 e. The number of carbonyl (C=O) groups is 2. The predicted octanol–water partition coefficient (Wildman–Crippen LogP) is 5.67. The summed E-state index contributed by atoms with van der Waals surface area (Å²) >= 11 is 6.37. The lowest BCUT2D eigenvalue weighted by molar-refractivity contribution is -0.144. The Hall–Kier alpha value is -3.90. The normalized spacial score (nSPS) is 18.5. The molecule has 4 heterocycles. The molecule has 2 aromatic carbocycles. The number of para-hydroxylation sites is 1. The van der Waals surface area contributed by atoms with Crippen molar-refractivity contribution in [3.05, 3.63) is 70.6 Å². The number of alkyl halides is 3. The average Bonchev–Trinajstić information content (AvgIpc) is 3.39. The Bertz CT molecular complexity index is 1570. The molecular formula is C31H32ClF3N6O3. The zero-order valence-corrected chi connectivity index (χ0v) is 24.7. The number of amides is 3. The molecule has 0 radical (unpaired) electrons. The van der Waals surface area contributed by atoms with Crippen molar-refractivity contribution in [1.29, 1.82) is 0 Å². The third-order valence-electron chi connectivity index (χ3n) is 8.38. The van der Waals surface area contributed by atoms with E-state index >= 15 is 0 Å². The molecule has 0 unspecified atom stereocenters. The number of halogens is 4. The van der Waals surface area contributed by atoms with E-state index in [0.717, 1.165) is 28.8 Å². The van der Waals surface area contributed by atoms with Crippen LogP contribution in [0.5, 0.6) is 0 Å². The highest BCUT2D eigenvalue weighted by Gasteiger charge is 2.33. The summed E-state index contributed by atoms with van der Waals surface area (Å²) in [5, 5.41) is 11.6. The highest BCUT2D eigenvalue weighted by atomic mass is 35.5. The van der Waals surface area contributed by atoms with Crippen LogP contribution in [0.3, 0.4) is 0 Å². The molecule has 1 fully saturated rings. The van der Waals surface area contributed by atoms with Crippen LogP contribution in [0.1, 0.15) is 36.3 Å². The van der Waals surface area contributed by atoms with E-state index in [1.54, 1.807) is 23.1 Å². The van der Waals surface area contributed by atoms with E-state index in [1.807, 2.05) is 35.2 Å². The molecule has 13 heteroatoms. The van der Waals surface area contributed by atoms with Crippen molar-refractivity contribution in [3.8, 4) is 11.5 Å². The lowest BCUT2D eigenvalue weighted by atomic mass is 9.97. The molecule has 232 valence electrons. The summed E-state index contributed by atoms with van der Waals surface area (Å²) in [5.41, 5.74) is 4.21. The summed E-state index contributed by atoms with van der Waals surface area (Å²) in [6.07, 6.45) is 0.0841.